The van der Waals surface area contributed by atoms with E-state index in [1.165, 1.54) is 16.7 Å². The van der Waals surface area contributed by atoms with E-state index in [-0.39, 0.29) is 24.4 Å². The Labute approximate surface area is 182 Å². The van der Waals surface area contributed by atoms with Crippen LogP contribution in [0, 0.1) is 0 Å². The zero-order chi connectivity index (χ0) is 21.6. The number of hydrogen-bond donors (Lipinski definition) is 2. The summed E-state index contributed by atoms with van der Waals surface area (Å²) in [5.74, 6) is -0.696. The lowest BCUT2D eigenvalue weighted by molar-refractivity contribution is -0.135. The summed E-state index contributed by atoms with van der Waals surface area (Å²) in [6.45, 7) is 1.45. The van der Waals surface area contributed by atoms with Gasteiger partial charge in [-0.2, -0.15) is 0 Å². The molecule has 3 aliphatic rings. The molecule has 2 atom stereocenters. The Morgan fingerprint density at radius 3 is 2.71 bits per heavy atom. The zero-order valence-electron chi connectivity index (χ0n) is 17.7. The van der Waals surface area contributed by atoms with Gasteiger partial charge in [-0.15, -0.1) is 0 Å². The Balaban J connectivity index is 1.31. The number of amides is 4. The van der Waals surface area contributed by atoms with Gasteiger partial charge in [0, 0.05) is 0 Å². The second-order valence-corrected chi connectivity index (χ2v) is 8.99. The molecule has 0 bridgehead atoms. The molecule has 0 radical (unpaired) electrons. The normalized spacial score (nSPS) is 24.5. The van der Waals surface area contributed by atoms with Crippen molar-refractivity contribution < 1.29 is 14.4 Å². The highest BCUT2D eigenvalue weighted by molar-refractivity contribution is 6.09. The van der Waals surface area contributed by atoms with Crippen LogP contribution in [0.4, 0.5) is 4.79 Å². The number of aryl methyl sites for hydroxylation is 3. The molecule has 2 aliphatic carbocycles. The zero-order valence-corrected chi connectivity index (χ0v) is 17.7. The highest BCUT2D eigenvalue weighted by atomic mass is 16.2. The fourth-order valence-corrected chi connectivity index (χ4v) is 5.21. The van der Waals surface area contributed by atoms with E-state index in [9.17, 15) is 14.4 Å². The van der Waals surface area contributed by atoms with Gasteiger partial charge < -0.3 is 10.6 Å². The van der Waals surface area contributed by atoms with Gasteiger partial charge in [0.15, 0.2) is 0 Å². The molecule has 5 rings (SSSR count). The third-order valence-corrected chi connectivity index (χ3v) is 6.96. The van der Waals surface area contributed by atoms with E-state index in [1.807, 2.05) is 30.3 Å². The molecule has 6 nitrogen and oxygen atoms in total. The van der Waals surface area contributed by atoms with Crippen LogP contribution >= 0.6 is 0 Å². The average Bonchev–Trinajstić information content (AvgIpc) is 3.32. The summed E-state index contributed by atoms with van der Waals surface area (Å²) in [4.78, 5) is 39.7. The molecule has 2 N–H and O–H groups in total. The first-order chi connectivity index (χ1) is 15.0. The van der Waals surface area contributed by atoms with E-state index in [1.54, 1.807) is 6.92 Å². The largest absolute Gasteiger partial charge is 0.348 e. The van der Waals surface area contributed by atoms with Crippen molar-refractivity contribution in [1.82, 2.24) is 15.5 Å². The van der Waals surface area contributed by atoms with Crippen LogP contribution in [0.15, 0.2) is 42.5 Å². The highest BCUT2D eigenvalue weighted by Gasteiger charge is 2.49. The maximum Gasteiger partial charge on any atom is 0.325 e. The lowest BCUT2D eigenvalue weighted by Crippen LogP contribution is -2.44. The van der Waals surface area contributed by atoms with Crippen LogP contribution in [0.25, 0.3) is 0 Å². The molecule has 0 aromatic heterocycles. The number of hydrogen-bond acceptors (Lipinski definition) is 3. The van der Waals surface area contributed by atoms with Crippen molar-refractivity contribution in [2.24, 2.45) is 0 Å². The Bertz CT molecular complexity index is 1080. The number of carbonyl (C=O) groups is 3. The van der Waals surface area contributed by atoms with Crippen LogP contribution in [0.1, 0.15) is 60.0 Å². The SMILES string of the molecule is CC1(c2ccc3c(c2)CCC3)NC(=O)N(CC(=O)NC2CCCc3ccccc32)C1=O. The first kappa shape index (κ1) is 19.8. The number of nitrogens with one attached hydrogen (secondary N) is 2. The van der Waals surface area contributed by atoms with Gasteiger partial charge in [0.2, 0.25) is 5.91 Å². The smallest absolute Gasteiger partial charge is 0.325 e. The number of benzene rings is 2. The molecular formula is C25H27N3O3. The fraction of sp³-hybridized carbons (Fsp3) is 0.400. The maximum absolute atomic E-state index is 13.2. The van der Waals surface area contributed by atoms with Gasteiger partial charge in [-0.25, -0.2) is 4.79 Å². The van der Waals surface area contributed by atoms with Gasteiger partial charge >= 0.3 is 6.03 Å². The molecule has 160 valence electrons. The standard InChI is InChI=1S/C25H27N3O3/c1-25(19-13-12-16-7-4-9-18(16)14-19)23(30)28(24(31)27-25)15-22(29)26-21-11-5-8-17-6-2-3-10-20(17)21/h2-3,6,10,12-14,21H,4-5,7-9,11,15H2,1H3,(H,26,29)(H,27,31). The molecule has 1 fully saturated rings. The minimum atomic E-state index is -1.15. The molecule has 2 aromatic rings. The second-order valence-electron chi connectivity index (χ2n) is 8.99. The minimum Gasteiger partial charge on any atom is -0.348 e. The first-order valence-corrected chi connectivity index (χ1v) is 11.1. The Kier molecular flexibility index (Phi) is 4.80. The molecule has 4 amide bonds. The van der Waals surface area contributed by atoms with Crippen LogP contribution < -0.4 is 10.6 Å². The molecule has 31 heavy (non-hydrogen) atoms. The van der Waals surface area contributed by atoms with Crippen molar-refractivity contribution in [2.75, 3.05) is 6.54 Å². The van der Waals surface area contributed by atoms with Crippen LogP contribution in [0.5, 0.6) is 0 Å². The molecular weight excluding hydrogens is 390 g/mol. The molecule has 0 spiro atoms. The lowest BCUT2D eigenvalue weighted by Gasteiger charge is -2.27. The number of fused-ring (bicyclic) bond motifs is 2. The van der Waals surface area contributed by atoms with Crippen molar-refractivity contribution >= 4 is 17.8 Å². The number of rotatable bonds is 4. The number of nitrogens with zero attached hydrogens (tertiary/aromatic N) is 1. The second kappa shape index (κ2) is 7.52. The van der Waals surface area contributed by atoms with Gasteiger partial charge in [-0.3, -0.25) is 14.5 Å². The molecule has 2 unspecified atom stereocenters. The molecule has 1 saturated heterocycles. The fourth-order valence-electron chi connectivity index (χ4n) is 5.21. The third kappa shape index (κ3) is 3.40. The lowest BCUT2D eigenvalue weighted by atomic mass is 9.88. The van der Waals surface area contributed by atoms with Crippen molar-refractivity contribution in [3.8, 4) is 0 Å². The Hall–Kier alpha value is -3.15. The summed E-state index contributed by atoms with van der Waals surface area (Å²) in [6, 6.07) is 13.5. The van der Waals surface area contributed by atoms with E-state index in [0.29, 0.717) is 0 Å². The number of imide groups is 1. The Morgan fingerprint density at radius 2 is 1.84 bits per heavy atom. The van der Waals surface area contributed by atoms with E-state index in [2.05, 4.69) is 22.8 Å². The molecule has 1 heterocycles. The van der Waals surface area contributed by atoms with Crippen LogP contribution in [-0.2, 0) is 34.4 Å². The maximum atomic E-state index is 13.2. The summed E-state index contributed by atoms with van der Waals surface area (Å²) in [5, 5.41) is 5.85. The van der Waals surface area contributed by atoms with Gasteiger partial charge in [0.05, 0.1) is 6.04 Å². The average molecular weight is 418 g/mol. The molecule has 1 aliphatic heterocycles. The summed E-state index contributed by atoms with van der Waals surface area (Å²) >= 11 is 0. The van der Waals surface area contributed by atoms with Gasteiger partial charge in [-0.1, -0.05) is 42.5 Å². The van der Waals surface area contributed by atoms with Crippen LogP contribution in [0.2, 0.25) is 0 Å². The van der Waals surface area contributed by atoms with E-state index in [0.717, 1.165) is 54.6 Å². The van der Waals surface area contributed by atoms with E-state index in [4.69, 9.17) is 0 Å². The summed E-state index contributed by atoms with van der Waals surface area (Å²) in [7, 11) is 0. The van der Waals surface area contributed by atoms with Crippen molar-refractivity contribution in [2.45, 2.75) is 57.0 Å². The summed E-state index contributed by atoms with van der Waals surface area (Å²) < 4.78 is 0. The van der Waals surface area contributed by atoms with Crippen molar-refractivity contribution in [1.29, 1.82) is 0 Å². The highest BCUT2D eigenvalue weighted by Crippen LogP contribution is 2.33. The summed E-state index contributed by atoms with van der Waals surface area (Å²) in [5.41, 5.74) is 4.56. The number of urea groups is 1. The number of carbonyl (C=O) groups excluding carboxylic acids is 3. The Morgan fingerprint density at radius 1 is 1.06 bits per heavy atom. The van der Waals surface area contributed by atoms with Gasteiger partial charge in [0.1, 0.15) is 12.1 Å². The summed E-state index contributed by atoms with van der Waals surface area (Å²) in [6.07, 6.45) is 6.04. The molecule has 0 saturated carbocycles. The topological polar surface area (TPSA) is 78.5 Å². The van der Waals surface area contributed by atoms with Crippen LogP contribution in [0.3, 0.4) is 0 Å². The first-order valence-electron chi connectivity index (χ1n) is 11.1. The predicted molar refractivity (Wildman–Crippen MR) is 116 cm³/mol. The third-order valence-electron chi connectivity index (χ3n) is 6.96. The van der Waals surface area contributed by atoms with Crippen molar-refractivity contribution in [3.63, 3.8) is 0 Å². The predicted octanol–water partition coefficient (Wildman–Crippen LogP) is 3.14. The van der Waals surface area contributed by atoms with Gasteiger partial charge in [-0.05, 0) is 73.3 Å². The minimum absolute atomic E-state index is 0.0821. The molecule has 2 aromatic carbocycles. The van der Waals surface area contributed by atoms with E-state index >= 15 is 0 Å². The van der Waals surface area contributed by atoms with Gasteiger partial charge in [0.25, 0.3) is 5.91 Å². The monoisotopic (exact) mass is 417 g/mol. The van der Waals surface area contributed by atoms with Crippen LogP contribution in [-0.4, -0.2) is 29.3 Å². The van der Waals surface area contributed by atoms with Crippen molar-refractivity contribution in [3.05, 3.63) is 70.3 Å². The van der Waals surface area contributed by atoms with E-state index < -0.39 is 11.6 Å². The molecule has 6 heteroatoms. The quantitative estimate of drug-likeness (QED) is 0.751.